The van der Waals surface area contributed by atoms with Crippen molar-refractivity contribution in [2.24, 2.45) is 0 Å². The molecule has 0 aliphatic carbocycles. The summed E-state index contributed by atoms with van der Waals surface area (Å²) in [4.78, 5) is 50.7. The maximum atomic E-state index is 13.0. The largest absolute Gasteiger partial charge is 0.341 e. The van der Waals surface area contributed by atoms with Gasteiger partial charge in [0, 0.05) is 25.1 Å². The molecule has 1 fully saturated rings. The summed E-state index contributed by atoms with van der Waals surface area (Å²) in [5.74, 6) is 0.654. The Morgan fingerprint density at radius 3 is 2.66 bits per heavy atom. The van der Waals surface area contributed by atoms with E-state index in [1.165, 1.54) is 17.0 Å². The van der Waals surface area contributed by atoms with Crippen molar-refractivity contribution < 1.29 is 4.79 Å². The van der Waals surface area contributed by atoms with E-state index in [1.54, 1.807) is 36.9 Å². The highest BCUT2D eigenvalue weighted by Gasteiger charge is 2.29. The van der Waals surface area contributed by atoms with Gasteiger partial charge in [0.25, 0.3) is 11.1 Å². The zero-order valence-electron chi connectivity index (χ0n) is 16.5. The molecule has 3 heterocycles. The number of para-hydroxylation sites is 1. The first kappa shape index (κ1) is 19.0. The monoisotopic (exact) mass is 393 g/mol. The van der Waals surface area contributed by atoms with Crippen LogP contribution in [0.15, 0.2) is 46.2 Å². The van der Waals surface area contributed by atoms with Crippen LogP contribution in [0.2, 0.25) is 0 Å². The van der Waals surface area contributed by atoms with Gasteiger partial charge >= 0.3 is 0 Å². The molecule has 1 N–H and O–H groups in total. The number of aromatic amines is 1. The number of fused-ring (bicyclic) bond motifs is 1. The molecule has 1 aliphatic heterocycles. The summed E-state index contributed by atoms with van der Waals surface area (Å²) in [7, 11) is 0. The van der Waals surface area contributed by atoms with E-state index in [2.05, 4.69) is 15.0 Å². The number of H-pyrrole nitrogens is 1. The number of likely N-dealkylation sites (tertiary alicyclic amines) is 1. The summed E-state index contributed by atoms with van der Waals surface area (Å²) in [5.41, 5.74) is 1.04. The van der Waals surface area contributed by atoms with E-state index in [-0.39, 0.29) is 22.9 Å². The molecule has 0 saturated carbocycles. The predicted octanol–water partition coefficient (Wildman–Crippen LogP) is 1.76. The third-order valence-electron chi connectivity index (χ3n) is 5.57. The first-order valence-corrected chi connectivity index (χ1v) is 9.76. The van der Waals surface area contributed by atoms with Crippen molar-refractivity contribution >= 4 is 16.8 Å². The van der Waals surface area contributed by atoms with Crippen molar-refractivity contribution in [1.29, 1.82) is 0 Å². The Hall–Kier alpha value is -3.29. The van der Waals surface area contributed by atoms with Gasteiger partial charge in [-0.05, 0) is 38.8 Å². The lowest BCUT2D eigenvalue weighted by atomic mass is 9.93. The number of benzene rings is 1. The van der Waals surface area contributed by atoms with Crippen LogP contribution in [0.3, 0.4) is 0 Å². The molecule has 1 saturated heterocycles. The third-order valence-corrected chi connectivity index (χ3v) is 5.57. The van der Waals surface area contributed by atoms with Gasteiger partial charge in [0.2, 0.25) is 5.91 Å². The summed E-state index contributed by atoms with van der Waals surface area (Å²) in [6.45, 7) is 4.63. The molecule has 0 radical (unpaired) electrons. The lowest BCUT2D eigenvalue weighted by molar-refractivity contribution is -0.135. The Morgan fingerprint density at radius 1 is 1.21 bits per heavy atom. The molecule has 1 atom stereocenters. The molecular formula is C21H23N5O3. The molecule has 2 aromatic heterocycles. The standard InChI is InChI=1S/C21H23N5O3/c1-13(26-12-22-17-6-4-3-5-16(17)21(26)29)20(28)25-9-7-15(8-10-25)18-11-19(27)24-14(2)23-18/h3-6,11-13,15H,7-10H2,1-2H3,(H,23,24,27)/t13-/m1/s1. The first-order valence-electron chi connectivity index (χ1n) is 9.76. The van der Waals surface area contributed by atoms with Crippen molar-refractivity contribution in [2.75, 3.05) is 13.1 Å². The number of nitrogens with one attached hydrogen (secondary N) is 1. The first-order chi connectivity index (χ1) is 13.9. The predicted molar refractivity (Wildman–Crippen MR) is 109 cm³/mol. The lowest BCUT2D eigenvalue weighted by Gasteiger charge is -2.33. The SMILES string of the molecule is Cc1nc(C2CCN(C(=O)[C@@H](C)n3cnc4ccccc4c3=O)CC2)cc(=O)[nH]1. The molecule has 8 heteroatoms. The number of nitrogens with zero attached hydrogens (tertiary/aromatic N) is 4. The van der Waals surface area contributed by atoms with Gasteiger partial charge in [-0.1, -0.05) is 12.1 Å². The maximum Gasteiger partial charge on any atom is 0.261 e. The van der Waals surface area contributed by atoms with E-state index in [0.29, 0.717) is 29.8 Å². The third kappa shape index (κ3) is 3.70. The van der Waals surface area contributed by atoms with Crippen LogP contribution in [0.5, 0.6) is 0 Å². The van der Waals surface area contributed by atoms with Crippen LogP contribution in [0.4, 0.5) is 0 Å². The average molecular weight is 393 g/mol. The Morgan fingerprint density at radius 2 is 1.93 bits per heavy atom. The van der Waals surface area contributed by atoms with Gasteiger partial charge in [-0.3, -0.25) is 19.0 Å². The van der Waals surface area contributed by atoms with Crippen molar-refractivity contribution in [3.63, 3.8) is 0 Å². The fraction of sp³-hybridized carbons (Fsp3) is 0.381. The van der Waals surface area contributed by atoms with Crippen LogP contribution in [0.25, 0.3) is 10.9 Å². The van der Waals surface area contributed by atoms with Crippen LogP contribution in [-0.2, 0) is 4.79 Å². The van der Waals surface area contributed by atoms with E-state index in [9.17, 15) is 14.4 Å². The highest BCUT2D eigenvalue weighted by molar-refractivity contribution is 5.81. The van der Waals surface area contributed by atoms with E-state index in [1.807, 2.05) is 6.07 Å². The van der Waals surface area contributed by atoms with Crippen molar-refractivity contribution in [3.05, 3.63) is 68.9 Å². The van der Waals surface area contributed by atoms with Gasteiger partial charge in [-0.25, -0.2) is 9.97 Å². The number of hydrogen-bond donors (Lipinski definition) is 1. The second kappa shape index (κ2) is 7.62. The second-order valence-corrected chi connectivity index (χ2v) is 7.51. The summed E-state index contributed by atoms with van der Waals surface area (Å²) in [6, 6.07) is 8.03. The number of aryl methyl sites for hydroxylation is 1. The Bertz CT molecular complexity index is 1170. The summed E-state index contributed by atoms with van der Waals surface area (Å²) >= 11 is 0. The van der Waals surface area contributed by atoms with Crippen molar-refractivity contribution in [2.45, 2.75) is 38.6 Å². The average Bonchev–Trinajstić information content (AvgIpc) is 2.73. The summed E-state index contributed by atoms with van der Waals surface area (Å²) in [6.07, 6.45) is 2.92. The Balaban J connectivity index is 1.49. The van der Waals surface area contributed by atoms with Crippen LogP contribution >= 0.6 is 0 Å². The van der Waals surface area contributed by atoms with Crippen LogP contribution in [0.1, 0.15) is 43.2 Å². The molecule has 1 aromatic carbocycles. The smallest absolute Gasteiger partial charge is 0.261 e. The van der Waals surface area contributed by atoms with Crippen LogP contribution < -0.4 is 11.1 Å². The molecule has 8 nitrogen and oxygen atoms in total. The molecule has 0 spiro atoms. The van der Waals surface area contributed by atoms with Crippen LogP contribution in [0, 0.1) is 6.92 Å². The Kier molecular flexibility index (Phi) is 5.00. The van der Waals surface area contributed by atoms with Gasteiger partial charge in [0.15, 0.2) is 0 Å². The highest BCUT2D eigenvalue weighted by Crippen LogP contribution is 2.27. The molecule has 0 bridgehead atoms. The minimum atomic E-state index is -0.629. The van der Waals surface area contributed by atoms with Crippen LogP contribution in [-0.4, -0.2) is 43.4 Å². The minimum absolute atomic E-state index is 0.0994. The van der Waals surface area contributed by atoms with E-state index in [0.717, 1.165) is 18.5 Å². The highest BCUT2D eigenvalue weighted by atomic mass is 16.2. The molecule has 4 rings (SSSR count). The number of hydrogen-bond acceptors (Lipinski definition) is 5. The van der Waals surface area contributed by atoms with Crippen molar-refractivity contribution in [1.82, 2.24) is 24.4 Å². The summed E-state index contributed by atoms with van der Waals surface area (Å²) < 4.78 is 1.40. The zero-order chi connectivity index (χ0) is 20.5. The van der Waals surface area contributed by atoms with E-state index >= 15 is 0 Å². The van der Waals surface area contributed by atoms with Gasteiger partial charge < -0.3 is 9.88 Å². The molecule has 150 valence electrons. The molecule has 1 aliphatic rings. The number of carbonyl (C=O) groups is 1. The van der Waals surface area contributed by atoms with Gasteiger partial charge in [-0.2, -0.15) is 0 Å². The zero-order valence-corrected chi connectivity index (χ0v) is 16.5. The fourth-order valence-electron chi connectivity index (χ4n) is 3.95. The number of amides is 1. The number of rotatable bonds is 3. The Labute approximate surface area is 167 Å². The van der Waals surface area contributed by atoms with Gasteiger partial charge in [0.05, 0.1) is 22.9 Å². The summed E-state index contributed by atoms with van der Waals surface area (Å²) in [5, 5.41) is 0.504. The maximum absolute atomic E-state index is 13.0. The second-order valence-electron chi connectivity index (χ2n) is 7.51. The van der Waals surface area contributed by atoms with Gasteiger partial charge in [-0.15, -0.1) is 0 Å². The molecular weight excluding hydrogens is 370 g/mol. The fourth-order valence-corrected chi connectivity index (χ4v) is 3.95. The quantitative estimate of drug-likeness (QED) is 0.731. The normalized spacial score (nSPS) is 16.1. The topological polar surface area (TPSA) is 101 Å². The number of aromatic nitrogens is 4. The molecule has 1 amide bonds. The van der Waals surface area contributed by atoms with Gasteiger partial charge in [0.1, 0.15) is 11.9 Å². The number of carbonyl (C=O) groups excluding carboxylic acids is 1. The molecule has 29 heavy (non-hydrogen) atoms. The van der Waals surface area contributed by atoms with Crippen molar-refractivity contribution in [3.8, 4) is 0 Å². The number of piperidine rings is 1. The minimum Gasteiger partial charge on any atom is -0.341 e. The van der Waals surface area contributed by atoms with E-state index in [4.69, 9.17) is 0 Å². The molecule has 0 unspecified atom stereocenters. The lowest BCUT2D eigenvalue weighted by Crippen LogP contribution is -2.43. The molecule has 3 aromatic rings. The van der Waals surface area contributed by atoms with E-state index < -0.39 is 6.04 Å².